The van der Waals surface area contributed by atoms with Crippen LogP contribution >= 0.6 is 45.1 Å². The molecule has 2 heterocycles. The zero-order chi connectivity index (χ0) is 30.5. The normalized spacial score (nSPS) is 33.6. The Morgan fingerprint density at radius 2 is 1.30 bits per heavy atom. The van der Waals surface area contributed by atoms with Gasteiger partial charge in [0.1, 0.15) is 12.2 Å². The van der Waals surface area contributed by atoms with E-state index in [2.05, 4.69) is 54.1 Å². The van der Waals surface area contributed by atoms with Crippen LogP contribution in [-0.4, -0.2) is 70.4 Å². The molecular formula is C31H56O7S4Y-2. The minimum atomic E-state index is -0.839. The molecule has 1 N–H and O–H groups in total. The number of hydrogen-bond acceptors (Lipinski definition) is 11. The minimum absolute atomic E-state index is 0. The van der Waals surface area contributed by atoms with Gasteiger partial charge in [-0.2, -0.15) is 11.8 Å². The van der Waals surface area contributed by atoms with Crippen LogP contribution in [0.1, 0.15) is 80.1 Å². The molecule has 2 aliphatic carbocycles. The second kappa shape index (κ2) is 23.6. The Morgan fingerprint density at radius 1 is 0.837 bits per heavy atom. The summed E-state index contributed by atoms with van der Waals surface area (Å²) in [6.07, 6.45) is 10.0. The third-order valence-corrected chi connectivity index (χ3v) is 11.6. The Morgan fingerprint density at radius 3 is 1.65 bits per heavy atom. The van der Waals surface area contributed by atoms with Gasteiger partial charge in [-0.3, -0.25) is 0 Å². The van der Waals surface area contributed by atoms with Gasteiger partial charge in [-0.05, 0) is 73.7 Å². The Balaban J connectivity index is 0.000000702. The Bertz CT molecular complexity index is 770. The molecule has 0 bridgehead atoms. The molecule has 2 aliphatic heterocycles. The largest absolute Gasteiger partial charge is 0.533 e. The fourth-order valence-electron chi connectivity index (χ4n) is 5.84. The van der Waals surface area contributed by atoms with Gasteiger partial charge in [0.2, 0.25) is 5.44 Å². The van der Waals surface area contributed by atoms with Crippen LogP contribution < -0.4 is 0 Å². The summed E-state index contributed by atoms with van der Waals surface area (Å²) in [5, 5.41) is 9.29. The van der Waals surface area contributed by atoms with Crippen molar-refractivity contribution in [2.24, 2.45) is 35.5 Å². The fourth-order valence-corrected chi connectivity index (χ4v) is 7.34. The van der Waals surface area contributed by atoms with Crippen LogP contribution in [0.15, 0.2) is 0 Å². The molecule has 0 spiro atoms. The number of carbonyl (C=O) groups is 2. The summed E-state index contributed by atoms with van der Waals surface area (Å²) < 4.78 is 21.8. The predicted molar refractivity (Wildman–Crippen MR) is 181 cm³/mol. The third kappa shape index (κ3) is 15.8. The first kappa shape index (κ1) is 44.3. The summed E-state index contributed by atoms with van der Waals surface area (Å²) in [4.78, 5) is 24.1. The number of carbonyl (C=O) groups excluding carboxylic acids is 2. The average Bonchev–Trinajstić information content (AvgIpc) is 3.61. The Hall–Kier alpha value is 1.32. The molecular weight excluding hydrogens is 702 g/mol. The summed E-state index contributed by atoms with van der Waals surface area (Å²) in [5.41, 5.74) is -1.09. The fraction of sp³-hybridized carbons (Fsp3) is 0.871. The Kier molecular flexibility index (Phi) is 24.3. The van der Waals surface area contributed by atoms with Crippen LogP contribution in [0, 0.1) is 49.5 Å². The molecule has 4 fully saturated rings. The molecule has 43 heavy (non-hydrogen) atoms. The van der Waals surface area contributed by atoms with E-state index in [-0.39, 0.29) is 64.3 Å². The van der Waals surface area contributed by atoms with E-state index in [0.29, 0.717) is 41.3 Å². The second-order valence-electron chi connectivity index (χ2n) is 12.2. The molecule has 2 saturated carbocycles. The van der Waals surface area contributed by atoms with Gasteiger partial charge in [0.15, 0.2) is 11.7 Å². The van der Waals surface area contributed by atoms with Crippen molar-refractivity contribution in [3.8, 4) is 0 Å². The summed E-state index contributed by atoms with van der Waals surface area (Å²) in [5.74, 6) is 3.98. The molecule has 7 nitrogen and oxygen atoms in total. The van der Waals surface area contributed by atoms with Crippen LogP contribution in [0.4, 0.5) is 0 Å². The molecule has 0 aromatic heterocycles. The van der Waals surface area contributed by atoms with Gasteiger partial charge < -0.3 is 31.5 Å². The van der Waals surface area contributed by atoms with E-state index in [4.69, 9.17) is 18.9 Å². The third-order valence-electron chi connectivity index (χ3n) is 8.22. The van der Waals surface area contributed by atoms with Gasteiger partial charge in [0, 0.05) is 38.5 Å². The SMILES string of the molecule is CC(C)[C@@H]1CC[C@@H](C)C[C@H]1OC(=O)[C@@H]1OC(O)CS1.CC(C)[C@@H]1CC[C@@H](C)C[C@H]1OC(=O)[C@@H]1O[CH-]CS1.CSSC.[CH3-].[Y]. The van der Waals surface area contributed by atoms with Crippen molar-refractivity contribution in [1.29, 1.82) is 0 Å². The molecule has 0 aromatic carbocycles. The van der Waals surface area contributed by atoms with Crippen LogP contribution in [0.5, 0.6) is 0 Å². The quantitative estimate of drug-likeness (QED) is 0.157. The van der Waals surface area contributed by atoms with Gasteiger partial charge in [-0.1, -0.05) is 76.0 Å². The maximum Gasteiger partial charge on any atom is 0.346 e. The van der Waals surface area contributed by atoms with E-state index in [1.165, 1.54) is 42.8 Å². The summed E-state index contributed by atoms with van der Waals surface area (Å²) in [6.45, 7) is 14.9. The van der Waals surface area contributed by atoms with Crippen molar-refractivity contribution in [2.75, 3.05) is 24.0 Å². The monoisotopic (exact) mass is 757 g/mol. The van der Waals surface area contributed by atoms with Crippen molar-refractivity contribution in [2.45, 2.75) is 109 Å². The number of thioether (sulfide) groups is 2. The molecule has 9 atom stereocenters. The molecule has 2 saturated heterocycles. The number of aliphatic hydroxyl groups is 1. The maximum atomic E-state index is 12.1. The second-order valence-corrected chi connectivity index (χ2v) is 17.0. The van der Waals surface area contributed by atoms with Crippen LogP contribution in [-0.2, 0) is 61.2 Å². The molecule has 1 radical (unpaired) electrons. The Labute approximate surface area is 304 Å². The number of aliphatic hydroxyl groups excluding tert-OH is 1. The summed E-state index contributed by atoms with van der Waals surface area (Å²) in [6, 6.07) is 0. The van der Waals surface area contributed by atoms with E-state index in [1.807, 2.05) is 0 Å². The van der Waals surface area contributed by atoms with Crippen molar-refractivity contribution < 1.29 is 66.4 Å². The number of ether oxygens (including phenoxy) is 4. The number of hydrogen-bond donors (Lipinski definition) is 1. The first-order valence-corrected chi connectivity index (χ1v) is 20.0. The van der Waals surface area contributed by atoms with Crippen LogP contribution in [0.25, 0.3) is 0 Å². The maximum absolute atomic E-state index is 12.1. The predicted octanol–water partition coefficient (Wildman–Crippen LogP) is 7.72. The number of rotatable bonds is 7. The van der Waals surface area contributed by atoms with Crippen LogP contribution in [0.2, 0.25) is 0 Å². The van der Waals surface area contributed by atoms with Crippen molar-refractivity contribution >= 4 is 57.1 Å². The molecule has 12 heteroatoms. The summed E-state index contributed by atoms with van der Waals surface area (Å²) >= 11 is 2.81. The smallest absolute Gasteiger partial charge is 0.346 e. The first-order chi connectivity index (χ1) is 19.5. The van der Waals surface area contributed by atoms with E-state index in [9.17, 15) is 14.7 Å². The molecule has 4 rings (SSSR count). The van der Waals surface area contributed by atoms with E-state index < -0.39 is 17.2 Å². The minimum Gasteiger partial charge on any atom is -0.533 e. The zero-order valence-electron chi connectivity index (χ0n) is 27.7. The standard InChI is InChI=1S/C14H24O4S.C14H23O3S.C2H6S2.CH3.Y/c1-8(2)10-5-4-9(3)6-11(10)17-13(16)14-18-12(15)7-19-14;1-9(2)11-5-4-10(3)8-12(11)17-13(15)14-16-6-7-18-14;1-3-4-2;;/h8-12,14-15H,4-7H2,1-3H3;6,9-12,14H,4-5,7-8H2,1-3H3;1-2H3;1H3;/q;-1;;-1;/t9-,10+,11-,12?,14-;10-,11+,12-,14-;;;/m11.../s1. The zero-order valence-corrected chi connectivity index (χ0v) is 33.8. The van der Waals surface area contributed by atoms with Crippen molar-refractivity contribution in [3.63, 3.8) is 0 Å². The summed E-state index contributed by atoms with van der Waals surface area (Å²) in [7, 11) is 3.55. The van der Waals surface area contributed by atoms with Gasteiger partial charge in [0.25, 0.3) is 0 Å². The average molecular weight is 758 g/mol. The van der Waals surface area contributed by atoms with Crippen molar-refractivity contribution in [1.82, 2.24) is 0 Å². The number of esters is 2. The van der Waals surface area contributed by atoms with E-state index in [0.717, 1.165) is 25.0 Å². The molecule has 251 valence electrons. The molecule has 4 aliphatic rings. The van der Waals surface area contributed by atoms with Crippen LogP contribution in [0.3, 0.4) is 0 Å². The van der Waals surface area contributed by atoms with Gasteiger partial charge >= 0.3 is 11.9 Å². The van der Waals surface area contributed by atoms with E-state index >= 15 is 0 Å². The van der Waals surface area contributed by atoms with Crippen molar-refractivity contribution in [3.05, 3.63) is 14.0 Å². The van der Waals surface area contributed by atoms with Gasteiger partial charge in [-0.15, -0.1) is 17.5 Å². The van der Waals surface area contributed by atoms with Gasteiger partial charge in [-0.25, -0.2) is 16.2 Å². The first-order valence-electron chi connectivity index (χ1n) is 15.0. The molecule has 0 aromatic rings. The molecule has 1 unspecified atom stereocenters. The van der Waals surface area contributed by atoms with Gasteiger partial charge in [0.05, 0.1) is 0 Å². The topological polar surface area (TPSA) is 91.3 Å². The van der Waals surface area contributed by atoms with E-state index in [1.54, 1.807) is 28.2 Å². The molecule has 0 amide bonds.